The molecule has 0 fully saturated rings. The molecule has 0 saturated carbocycles. The van der Waals surface area contributed by atoms with E-state index in [1.165, 1.54) is 44.9 Å². The number of hydrogen-bond acceptors (Lipinski definition) is 2. The summed E-state index contributed by atoms with van der Waals surface area (Å²) < 4.78 is 0. The van der Waals surface area contributed by atoms with Crippen LogP contribution in [0.2, 0.25) is 0 Å². The van der Waals surface area contributed by atoms with Crippen LogP contribution in [0.15, 0.2) is 0 Å². The standard InChI is InChI=1S/C12H27NO2/c1-2-3-4-5-6-7-8-9-10-13(15)11-12-14/h13-14H,2-12H2,1H3. The molecular formula is C12H27NO2. The quantitative estimate of drug-likeness (QED) is 0.407. The van der Waals surface area contributed by atoms with E-state index in [-0.39, 0.29) is 11.7 Å². The van der Waals surface area contributed by atoms with E-state index in [9.17, 15) is 5.21 Å². The Morgan fingerprint density at radius 3 is 1.93 bits per heavy atom. The van der Waals surface area contributed by atoms with Gasteiger partial charge in [-0.05, 0) is 12.8 Å². The van der Waals surface area contributed by atoms with Gasteiger partial charge < -0.3 is 15.4 Å². The number of aliphatic hydroxyl groups excluding tert-OH is 1. The molecule has 0 amide bonds. The first-order chi connectivity index (χ1) is 7.31. The zero-order chi connectivity index (χ0) is 11.4. The Morgan fingerprint density at radius 1 is 0.867 bits per heavy atom. The Hall–Kier alpha value is -0.120. The van der Waals surface area contributed by atoms with Crippen LogP contribution in [0.5, 0.6) is 0 Å². The molecule has 0 aromatic rings. The number of rotatable bonds is 11. The van der Waals surface area contributed by atoms with Crippen molar-refractivity contribution in [2.75, 3.05) is 19.7 Å². The lowest BCUT2D eigenvalue weighted by molar-refractivity contribution is -0.848. The fourth-order valence-corrected chi connectivity index (χ4v) is 1.71. The zero-order valence-electron chi connectivity index (χ0n) is 10.1. The van der Waals surface area contributed by atoms with Crippen LogP contribution in [0.25, 0.3) is 0 Å². The monoisotopic (exact) mass is 217 g/mol. The summed E-state index contributed by atoms with van der Waals surface area (Å²) in [6, 6.07) is 0. The molecule has 0 saturated heterocycles. The molecule has 2 N–H and O–H groups in total. The number of nitrogens with one attached hydrogen (secondary N) is 1. The number of aliphatic hydroxyl groups is 1. The molecular weight excluding hydrogens is 190 g/mol. The van der Waals surface area contributed by atoms with Crippen molar-refractivity contribution in [2.24, 2.45) is 0 Å². The van der Waals surface area contributed by atoms with E-state index >= 15 is 0 Å². The fraction of sp³-hybridized carbons (Fsp3) is 1.00. The van der Waals surface area contributed by atoms with Crippen molar-refractivity contribution in [1.29, 1.82) is 0 Å². The first kappa shape index (κ1) is 14.9. The number of hydrogen-bond donors (Lipinski definition) is 2. The van der Waals surface area contributed by atoms with Crippen LogP contribution in [0.3, 0.4) is 0 Å². The maximum absolute atomic E-state index is 11.1. The maximum atomic E-state index is 11.1. The van der Waals surface area contributed by atoms with Crippen LogP contribution in [0.4, 0.5) is 0 Å². The Bertz CT molecular complexity index is 120. The minimum atomic E-state index is 0.00977. The van der Waals surface area contributed by atoms with Gasteiger partial charge in [0.15, 0.2) is 0 Å². The first-order valence-electron chi connectivity index (χ1n) is 6.43. The highest BCUT2D eigenvalue weighted by Gasteiger charge is 1.96. The van der Waals surface area contributed by atoms with Gasteiger partial charge >= 0.3 is 0 Å². The van der Waals surface area contributed by atoms with Gasteiger partial charge in [-0.25, -0.2) is 0 Å². The molecule has 0 aromatic heterocycles. The van der Waals surface area contributed by atoms with Gasteiger partial charge in [0.1, 0.15) is 6.54 Å². The Morgan fingerprint density at radius 2 is 1.40 bits per heavy atom. The topological polar surface area (TPSA) is 47.7 Å². The lowest BCUT2D eigenvalue weighted by atomic mass is 10.1. The van der Waals surface area contributed by atoms with E-state index < -0.39 is 0 Å². The van der Waals surface area contributed by atoms with Crippen LogP contribution >= 0.6 is 0 Å². The van der Waals surface area contributed by atoms with Gasteiger partial charge in [0, 0.05) is 0 Å². The van der Waals surface area contributed by atoms with Crippen LogP contribution in [0, 0.1) is 5.21 Å². The molecule has 0 rings (SSSR count). The van der Waals surface area contributed by atoms with Gasteiger partial charge in [0.2, 0.25) is 0 Å². The minimum absolute atomic E-state index is 0.00977. The maximum Gasteiger partial charge on any atom is 0.100 e. The molecule has 1 atom stereocenters. The summed E-state index contributed by atoms with van der Waals surface area (Å²) >= 11 is 0. The van der Waals surface area contributed by atoms with Crippen LogP contribution in [-0.4, -0.2) is 24.8 Å². The van der Waals surface area contributed by atoms with Gasteiger partial charge in [0.05, 0.1) is 13.2 Å². The number of hydroxylamine groups is 2. The van der Waals surface area contributed by atoms with Crippen LogP contribution < -0.4 is 5.06 Å². The van der Waals surface area contributed by atoms with E-state index in [0.717, 1.165) is 6.42 Å². The summed E-state index contributed by atoms with van der Waals surface area (Å²) in [4.78, 5) is 0. The second-order valence-corrected chi connectivity index (χ2v) is 4.24. The van der Waals surface area contributed by atoms with Gasteiger partial charge in [0.25, 0.3) is 0 Å². The highest BCUT2D eigenvalue weighted by molar-refractivity contribution is 4.45. The van der Waals surface area contributed by atoms with Gasteiger partial charge in [-0.3, -0.25) is 0 Å². The summed E-state index contributed by atoms with van der Waals surface area (Å²) in [5.74, 6) is 0. The molecule has 92 valence electrons. The molecule has 0 aliphatic carbocycles. The molecule has 1 unspecified atom stereocenters. The summed E-state index contributed by atoms with van der Waals surface area (Å²) in [5.41, 5.74) is 0. The summed E-state index contributed by atoms with van der Waals surface area (Å²) in [5, 5.41) is 19.8. The minimum Gasteiger partial charge on any atom is -0.634 e. The SMILES string of the molecule is CCCCCCCCCC[NH+]([O-])CCO. The summed E-state index contributed by atoms with van der Waals surface area (Å²) in [7, 11) is 0. The van der Waals surface area contributed by atoms with E-state index in [4.69, 9.17) is 5.11 Å². The van der Waals surface area contributed by atoms with Crippen LogP contribution in [0.1, 0.15) is 58.3 Å². The average Bonchev–Trinajstić information content (AvgIpc) is 2.22. The van der Waals surface area contributed by atoms with Gasteiger partial charge in [-0.15, -0.1) is 0 Å². The van der Waals surface area contributed by atoms with Gasteiger partial charge in [-0.2, -0.15) is 0 Å². The van der Waals surface area contributed by atoms with E-state index in [1.54, 1.807) is 0 Å². The largest absolute Gasteiger partial charge is 0.634 e. The Balaban J connectivity index is 2.98. The average molecular weight is 217 g/mol. The second-order valence-electron chi connectivity index (χ2n) is 4.24. The lowest BCUT2D eigenvalue weighted by Crippen LogP contribution is -3.07. The van der Waals surface area contributed by atoms with Crippen molar-refractivity contribution >= 4 is 0 Å². The third-order valence-electron chi connectivity index (χ3n) is 2.70. The molecule has 0 heterocycles. The summed E-state index contributed by atoms with van der Waals surface area (Å²) in [6.45, 7) is 3.24. The van der Waals surface area contributed by atoms with Gasteiger partial charge in [-0.1, -0.05) is 45.4 Å². The molecule has 0 aliphatic heterocycles. The summed E-state index contributed by atoms with van der Waals surface area (Å²) in [6.07, 6.45) is 10.1. The Kier molecular flexibility index (Phi) is 11.9. The third kappa shape index (κ3) is 11.8. The zero-order valence-corrected chi connectivity index (χ0v) is 10.1. The van der Waals surface area contributed by atoms with Crippen molar-refractivity contribution < 1.29 is 10.2 Å². The van der Waals surface area contributed by atoms with Crippen molar-refractivity contribution in [3.8, 4) is 0 Å². The predicted octanol–water partition coefficient (Wildman–Crippen LogP) is 1.50. The first-order valence-corrected chi connectivity index (χ1v) is 6.43. The van der Waals surface area contributed by atoms with Crippen molar-refractivity contribution in [3.05, 3.63) is 5.21 Å². The van der Waals surface area contributed by atoms with E-state index in [2.05, 4.69) is 6.92 Å². The van der Waals surface area contributed by atoms with Crippen LogP contribution in [-0.2, 0) is 0 Å². The van der Waals surface area contributed by atoms with Crippen molar-refractivity contribution in [1.82, 2.24) is 0 Å². The molecule has 0 bridgehead atoms. The second kappa shape index (κ2) is 12.0. The molecule has 3 heteroatoms. The lowest BCUT2D eigenvalue weighted by Gasteiger charge is -2.20. The highest BCUT2D eigenvalue weighted by Crippen LogP contribution is 2.07. The molecule has 3 nitrogen and oxygen atoms in total. The van der Waals surface area contributed by atoms with E-state index in [0.29, 0.717) is 13.1 Å². The molecule has 0 spiro atoms. The third-order valence-corrected chi connectivity index (χ3v) is 2.70. The normalized spacial score (nSPS) is 13.0. The number of unbranched alkanes of at least 4 members (excludes halogenated alkanes) is 7. The van der Waals surface area contributed by atoms with E-state index in [1.807, 2.05) is 0 Å². The molecule has 15 heavy (non-hydrogen) atoms. The smallest absolute Gasteiger partial charge is 0.100 e. The Labute approximate surface area is 94.1 Å². The molecule has 0 aromatic carbocycles. The predicted molar refractivity (Wildman–Crippen MR) is 63.8 cm³/mol. The highest BCUT2D eigenvalue weighted by atomic mass is 16.5. The molecule has 0 aliphatic rings. The molecule has 0 radical (unpaired) electrons. The number of quaternary nitrogens is 1. The van der Waals surface area contributed by atoms with Crippen molar-refractivity contribution in [3.63, 3.8) is 0 Å². The van der Waals surface area contributed by atoms with Crippen molar-refractivity contribution in [2.45, 2.75) is 58.3 Å². The fourth-order valence-electron chi connectivity index (χ4n) is 1.71.